The van der Waals surface area contributed by atoms with Gasteiger partial charge in [0.15, 0.2) is 5.82 Å². The van der Waals surface area contributed by atoms with Crippen LogP contribution >= 0.6 is 0 Å². The molecule has 0 spiro atoms. The van der Waals surface area contributed by atoms with Gasteiger partial charge in [-0.15, -0.1) is 42.0 Å². The molecular weight excluding hydrogens is 545 g/mol. The molecule has 3 heterocycles. The van der Waals surface area contributed by atoms with Crippen molar-refractivity contribution in [3.8, 4) is 23.0 Å². The van der Waals surface area contributed by atoms with Gasteiger partial charge in [-0.05, 0) is 25.6 Å². The largest absolute Gasteiger partial charge is 2.00 e. The van der Waals surface area contributed by atoms with Crippen molar-refractivity contribution in [2.45, 2.75) is 19.3 Å². The third kappa shape index (κ3) is 4.27. The van der Waals surface area contributed by atoms with E-state index in [1.807, 2.05) is 42.5 Å². The Labute approximate surface area is 184 Å². The molecule has 0 aliphatic rings. The predicted molar refractivity (Wildman–Crippen MR) is 105 cm³/mol. The summed E-state index contributed by atoms with van der Waals surface area (Å²) in [5.41, 5.74) is 2.21. The van der Waals surface area contributed by atoms with E-state index in [2.05, 4.69) is 41.0 Å². The van der Waals surface area contributed by atoms with Crippen LogP contribution in [0.1, 0.15) is 25.4 Å². The maximum absolute atomic E-state index is 5.17. The maximum atomic E-state index is 5.17. The van der Waals surface area contributed by atoms with Crippen LogP contribution in [0.2, 0.25) is 0 Å². The van der Waals surface area contributed by atoms with Crippen LogP contribution in [0.5, 0.6) is 5.88 Å². The van der Waals surface area contributed by atoms with Crippen LogP contribution in [0.3, 0.4) is 0 Å². The van der Waals surface area contributed by atoms with Crippen molar-refractivity contribution in [1.82, 2.24) is 24.7 Å². The fourth-order valence-corrected chi connectivity index (χ4v) is 2.84. The molecule has 0 aliphatic carbocycles. The SMILES string of the molecule is COc1cc[c-]c(-n2cnc(C(C)(C)c3cccc(-c4[c-]cccc4)n3)n2)n1.[Pt+2]. The van der Waals surface area contributed by atoms with E-state index in [4.69, 9.17) is 9.72 Å². The second-order valence-corrected chi connectivity index (χ2v) is 6.78. The maximum Gasteiger partial charge on any atom is 2.00 e. The van der Waals surface area contributed by atoms with Crippen LogP contribution in [-0.2, 0) is 26.5 Å². The van der Waals surface area contributed by atoms with Crippen molar-refractivity contribution < 1.29 is 25.8 Å². The van der Waals surface area contributed by atoms with Gasteiger partial charge >= 0.3 is 21.1 Å². The van der Waals surface area contributed by atoms with Crippen LogP contribution in [-0.4, -0.2) is 31.8 Å². The molecular formula is C22H19N5OPt. The van der Waals surface area contributed by atoms with Gasteiger partial charge in [0.25, 0.3) is 0 Å². The van der Waals surface area contributed by atoms with Crippen LogP contribution < -0.4 is 4.74 Å². The van der Waals surface area contributed by atoms with Crippen LogP contribution in [0.25, 0.3) is 17.1 Å². The second kappa shape index (κ2) is 8.66. The molecule has 4 aromatic rings. The molecule has 29 heavy (non-hydrogen) atoms. The molecule has 0 saturated heterocycles. The van der Waals surface area contributed by atoms with E-state index in [1.165, 1.54) is 0 Å². The van der Waals surface area contributed by atoms with Gasteiger partial charge in [0, 0.05) is 5.69 Å². The smallest absolute Gasteiger partial charge is 0.496 e. The Morgan fingerprint density at radius 1 is 0.966 bits per heavy atom. The standard InChI is InChI=1S/C22H19N5O.Pt/c1-22(2,18-12-7-11-17(24-18)16-9-5-4-6-10-16)21-23-15-27(26-21)19-13-8-14-20(25-19)28-3;/h4-9,11-12,14-15H,1-3H3;/q-2;+2. The topological polar surface area (TPSA) is 65.7 Å². The summed E-state index contributed by atoms with van der Waals surface area (Å²) in [4.78, 5) is 13.7. The van der Waals surface area contributed by atoms with Crippen molar-refractivity contribution in [3.63, 3.8) is 0 Å². The molecule has 1 aromatic carbocycles. The summed E-state index contributed by atoms with van der Waals surface area (Å²) in [6.45, 7) is 4.10. The number of methoxy groups -OCH3 is 1. The van der Waals surface area contributed by atoms with E-state index >= 15 is 0 Å². The fraction of sp³-hybridized carbons (Fsp3) is 0.182. The van der Waals surface area contributed by atoms with Gasteiger partial charge in [-0.25, -0.2) is 26.8 Å². The average Bonchev–Trinajstić information content (AvgIpc) is 3.26. The molecule has 0 N–H and O–H groups in total. The summed E-state index contributed by atoms with van der Waals surface area (Å²) in [6, 6.07) is 23.5. The van der Waals surface area contributed by atoms with Gasteiger partial charge < -0.3 is 9.72 Å². The Hall–Kier alpha value is -2.85. The molecule has 0 unspecified atom stereocenters. The monoisotopic (exact) mass is 564 g/mol. The summed E-state index contributed by atoms with van der Waals surface area (Å²) in [5, 5.41) is 4.61. The van der Waals surface area contributed by atoms with Crippen LogP contribution in [0, 0.1) is 12.1 Å². The van der Waals surface area contributed by atoms with E-state index in [0.717, 1.165) is 17.0 Å². The molecule has 0 fully saturated rings. The van der Waals surface area contributed by atoms with E-state index in [0.29, 0.717) is 17.5 Å². The molecule has 0 bridgehead atoms. The Bertz CT molecular complexity index is 1100. The minimum atomic E-state index is -0.491. The average molecular weight is 565 g/mol. The van der Waals surface area contributed by atoms with Crippen molar-refractivity contribution in [1.29, 1.82) is 0 Å². The second-order valence-electron chi connectivity index (χ2n) is 6.78. The van der Waals surface area contributed by atoms with Crippen molar-refractivity contribution in [2.75, 3.05) is 7.11 Å². The third-order valence-corrected chi connectivity index (χ3v) is 4.51. The van der Waals surface area contributed by atoms with Gasteiger partial charge in [-0.1, -0.05) is 12.1 Å². The first-order valence-electron chi connectivity index (χ1n) is 8.88. The molecule has 0 aliphatic heterocycles. The zero-order valence-corrected chi connectivity index (χ0v) is 18.5. The number of nitrogens with zero attached hydrogens (tertiary/aromatic N) is 5. The minimum Gasteiger partial charge on any atom is -0.496 e. The van der Waals surface area contributed by atoms with Crippen molar-refractivity contribution in [2.24, 2.45) is 0 Å². The summed E-state index contributed by atoms with van der Waals surface area (Å²) in [6.07, 6.45) is 1.63. The first-order valence-corrected chi connectivity index (χ1v) is 8.88. The normalized spacial score (nSPS) is 11.0. The van der Waals surface area contributed by atoms with Gasteiger partial charge in [0.05, 0.1) is 18.3 Å². The van der Waals surface area contributed by atoms with E-state index in [9.17, 15) is 0 Å². The Kier molecular flexibility index (Phi) is 6.23. The molecule has 0 amide bonds. The Morgan fingerprint density at radius 3 is 2.59 bits per heavy atom. The summed E-state index contributed by atoms with van der Waals surface area (Å²) in [7, 11) is 1.57. The van der Waals surface area contributed by atoms with E-state index in [-0.39, 0.29) is 21.1 Å². The number of pyridine rings is 2. The number of hydrogen-bond donors (Lipinski definition) is 0. The number of rotatable bonds is 5. The number of aromatic nitrogens is 5. The van der Waals surface area contributed by atoms with E-state index < -0.39 is 5.41 Å². The summed E-state index contributed by atoms with van der Waals surface area (Å²) in [5.74, 6) is 1.67. The fourth-order valence-electron chi connectivity index (χ4n) is 2.84. The summed E-state index contributed by atoms with van der Waals surface area (Å²) < 4.78 is 6.76. The summed E-state index contributed by atoms with van der Waals surface area (Å²) >= 11 is 0. The van der Waals surface area contributed by atoms with Gasteiger partial charge in [0.2, 0.25) is 0 Å². The first kappa shape index (κ1) is 20.9. The minimum absolute atomic E-state index is 0. The number of ether oxygens (including phenoxy) is 1. The van der Waals surface area contributed by atoms with Crippen LogP contribution in [0.4, 0.5) is 0 Å². The molecule has 4 rings (SSSR count). The Morgan fingerprint density at radius 2 is 1.83 bits per heavy atom. The quantitative estimate of drug-likeness (QED) is 0.347. The molecule has 7 heteroatoms. The zero-order chi connectivity index (χ0) is 19.6. The van der Waals surface area contributed by atoms with Crippen molar-refractivity contribution in [3.05, 3.63) is 84.6 Å². The van der Waals surface area contributed by atoms with Gasteiger partial charge in [0.1, 0.15) is 12.2 Å². The molecule has 3 aromatic heterocycles. The van der Waals surface area contributed by atoms with Crippen LogP contribution in [0.15, 0.2) is 60.9 Å². The molecule has 148 valence electrons. The molecule has 6 nitrogen and oxygen atoms in total. The molecule has 0 saturated carbocycles. The van der Waals surface area contributed by atoms with Crippen molar-refractivity contribution >= 4 is 0 Å². The zero-order valence-electron chi connectivity index (χ0n) is 16.2. The van der Waals surface area contributed by atoms with Gasteiger partial charge in [-0.3, -0.25) is 0 Å². The molecule has 0 radical (unpaired) electrons. The predicted octanol–water partition coefficient (Wildman–Crippen LogP) is 3.66. The molecule has 0 atom stereocenters. The van der Waals surface area contributed by atoms with E-state index in [1.54, 1.807) is 30.3 Å². The Balaban J connectivity index is 0.00000240. The number of benzene rings is 1. The first-order chi connectivity index (χ1) is 13.6. The number of hydrogen-bond acceptors (Lipinski definition) is 5. The van der Waals surface area contributed by atoms with Gasteiger partial charge in [-0.2, -0.15) is 5.10 Å². The third-order valence-electron chi connectivity index (χ3n) is 4.51.